The zero-order valence-corrected chi connectivity index (χ0v) is 14.7. The van der Waals surface area contributed by atoms with E-state index in [-0.39, 0.29) is 25.7 Å². The monoisotopic (exact) mass is 354 g/mol. The minimum Gasteiger partial charge on any atom is -0.481 e. The van der Waals surface area contributed by atoms with Gasteiger partial charge in [0.25, 0.3) is 0 Å². The van der Waals surface area contributed by atoms with Crippen LogP contribution in [0, 0.1) is 11.8 Å². The molecule has 2 unspecified atom stereocenters. The number of aliphatic carboxylic acids is 2. The maximum atomic E-state index is 12.3. The highest BCUT2D eigenvalue weighted by Crippen LogP contribution is 2.24. The molecule has 2 N–H and O–H groups in total. The van der Waals surface area contributed by atoms with Gasteiger partial charge in [-0.3, -0.25) is 19.2 Å². The van der Waals surface area contributed by atoms with E-state index >= 15 is 0 Å². The van der Waals surface area contributed by atoms with Gasteiger partial charge >= 0.3 is 23.9 Å². The van der Waals surface area contributed by atoms with Crippen LogP contribution in [0.1, 0.15) is 52.4 Å². The maximum absolute atomic E-state index is 12.3. The summed E-state index contributed by atoms with van der Waals surface area (Å²) in [6, 6.07) is 0. The summed E-state index contributed by atoms with van der Waals surface area (Å²) in [5, 5.41) is 17.6. The SMILES string of the molecule is C=C(CC)C(CCC(=O)O)C(=O)OC(=O)C(CCC(=O)O)C(=C)CC. The number of carboxylic acids is 2. The summed E-state index contributed by atoms with van der Waals surface area (Å²) in [5.74, 6) is -5.62. The number of carboxylic acid groups (broad SMARTS) is 2. The normalized spacial score (nSPS) is 12.7. The van der Waals surface area contributed by atoms with Gasteiger partial charge in [-0.25, -0.2) is 0 Å². The third-order valence-corrected chi connectivity index (χ3v) is 3.96. The van der Waals surface area contributed by atoms with Gasteiger partial charge in [-0.15, -0.1) is 0 Å². The van der Waals surface area contributed by atoms with Gasteiger partial charge in [0.15, 0.2) is 0 Å². The predicted molar refractivity (Wildman–Crippen MR) is 90.7 cm³/mol. The van der Waals surface area contributed by atoms with Crippen LogP contribution in [-0.2, 0) is 23.9 Å². The van der Waals surface area contributed by atoms with Crippen LogP contribution in [-0.4, -0.2) is 34.1 Å². The summed E-state index contributed by atoms with van der Waals surface area (Å²) in [4.78, 5) is 46.0. The van der Waals surface area contributed by atoms with Crippen molar-refractivity contribution < 1.29 is 34.1 Å². The first-order valence-corrected chi connectivity index (χ1v) is 8.18. The molecule has 0 heterocycles. The van der Waals surface area contributed by atoms with Crippen molar-refractivity contribution in [3.8, 4) is 0 Å². The molecule has 0 fully saturated rings. The van der Waals surface area contributed by atoms with E-state index < -0.39 is 35.7 Å². The van der Waals surface area contributed by atoms with E-state index in [0.717, 1.165) is 0 Å². The van der Waals surface area contributed by atoms with Gasteiger partial charge in [0.1, 0.15) is 0 Å². The summed E-state index contributed by atoms with van der Waals surface area (Å²) in [5.41, 5.74) is 0.964. The van der Waals surface area contributed by atoms with Crippen LogP contribution in [0.2, 0.25) is 0 Å². The summed E-state index contributed by atoms with van der Waals surface area (Å²) < 4.78 is 4.90. The van der Waals surface area contributed by atoms with Crippen LogP contribution in [0.3, 0.4) is 0 Å². The fraction of sp³-hybridized carbons (Fsp3) is 0.556. The Bertz CT molecular complexity index is 500. The predicted octanol–water partition coefficient (Wildman–Crippen LogP) is 2.95. The zero-order valence-electron chi connectivity index (χ0n) is 14.7. The second-order valence-corrected chi connectivity index (χ2v) is 5.73. The number of hydrogen-bond acceptors (Lipinski definition) is 5. The second kappa shape index (κ2) is 11.2. The number of rotatable bonds is 12. The highest BCUT2D eigenvalue weighted by Gasteiger charge is 2.30. The molecule has 140 valence electrons. The van der Waals surface area contributed by atoms with Crippen molar-refractivity contribution in [3.05, 3.63) is 24.3 Å². The Kier molecular flexibility index (Phi) is 10.1. The Balaban J connectivity index is 5.10. The van der Waals surface area contributed by atoms with Gasteiger partial charge in [0.2, 0.25) is 0 Å². The molecule has 0 saturated carbocycles. The third kappa shape index (κ3) is 8.28. The van der Waals surface area contributed by atoms with Crippen LogP contribution in [0.5, 0.6) is 0 Å². The molecular formula is C18H26O7. The Morgan fingerprint density at radius 3 is 1.36 bits per heavy atom. The van der Waals surface area contributed by atoms with Crippen LogP contribution >= 0.6 is 0 Å². The fourth-order valence-corrected chi connectivity index (χ4v) is 2.25. The lowest BCUT2D eigenvalue weighted by Crippen LogP contribution is -2.28. The number of hydrogen-bond donors (Lipinski definition) is 2. The molecule has 0 bridgehead atoms. The van der Waals surface area contributed by atoms with Gasteiger partial charge < -0.3 is 14.9 Å². The highest BCUT2D eigenvalue weighted by molar-refractivity contribution is 5.90. The van der Waals surface area contributed by atoms with Gasteiger partial charge in [-0.05, 0) is 25.7 Å². The molecule has 0 radical (unpaired) electrons. The molecule has 0 aliphatic heterocycles. The molecule has 25 heavy (non-hydrogen) atoms. The van der Waals surface area contributed by atoms with Crippen LogP contribution in [0.15, 0.2) is 24.3 Å². The van der Waals surface area contributed by atoms with Crippen molar-refractivity contribution in [2.75, 3.05) is 0 Å². The Hall–Kier alpha value is -2.44. The minimum absolute atomic E-state index is 0.0113. The first kappa shape index (κ1) is 22.6. The summed E-state index contributed by atoms with van der Waals surface area (Å²) >= 11 is 0. The van der Waals surface area contributed by atoms with Crippen molar-refractivity contribution in [1.29, 1.82) is 0 Å². The molecule has 0 rings (SSSR count). The second-order valence-electron chi connectivity index (χ2n) is 5.73. The van der Waals surface area contributed by atoms with E-state index in [1.807, 2.05) is 0 Å². The van der Waals surface area contributed by atoms with Gasteiger partial charge in [-0.1, -0.05) is 38.2 Å². The van der Waals surface area contributed by atoms with Crippen LogP contribution < -0.4 is 0 Å². The Morgan fingerprint density at radius 2 is 1.12 bits per heavy atom. The quantitative estimate of drug-likeness (QED) is 0.314. The van der Waals surface area contributed by atoms with Crippen LogP contribution in [0.4, 0.5) is 0 Å². The molecule has 7 nitrogen and oxygen atoms in total. The first-order valence-electron chi connectivity index (χ1n) is 8.18. The summed E-state index contributed by atoms with van der Waals surface area (Å²) in [6.45, 7) is 11.0. The lowest BCUT2D eigenvalue weighted by Gasteiger charge is -2.20. The van der Waals surface area contributed by atoms with E-state index in [4.69, 9.17) is 14.9 Å². The first-order chi connectivity index (χ1) is 11.6. The Morgan fingerprint density at radius 1 is 0.800 bits per heavy atom. The average molecular weight is 354 g/mol. The van der Waals surface area contributed by atoms with Crippen molar-refractivity contribution in [2.45, 2.75) is 52.4 Å². The van der Waals surface area contributed by atoms with Crippen molar-refractivity contribution in [1.82, 2.24) is 0 Å². The van der Waals surface area contributed by atoms with E-state index in [1.165, 1.54) is 0 Å². The number of esters is 2. The van der Waals surface area contributed by atoms with Gasteiger partial charge in [0, 0.05) is 12.8 Å². The van der Waals surface area contributed by atoms with E-state index in [2.05, 4.69) is 13.2 Å². The molecule has 0 aliphatic carbocycles. The van der Waals surface area contributed by atoms with Crippen molar-refractivity contribution >= 4 is 23.9 Å². The molecule has 0 saturated heterocycles. The molecule has 7 heteroatoms. The molecule has 0 spiro atoms. The molecule has 0 aromatic carbocycles. The topological polar surface area (TPSA) is 118 Å². The Labute approximate surface area is 147 Å². The molecule has 0 aromatic heterocycles. The smallest absolute Gasteiger partial charge is 0.320 e. The minimum atomic E-state index is -1.06. The van der Waals surface area contributed by atoms with Gasteiger partial charge in [-0.2, -0.15) is 0 Å². The fourth-order valence-electron chi connectivity index (χ4n) is 2.25. The van der Waals surface area contributed by atoms with E-state index in [9.17, 15) is 19.2 Å². The zero-order chi connectivity index (χ0) is 19.6. The van der Waals surface area contributed by atoms with E-state index in [0.29, 0.717) is 24.0 Å². The lowest BCUT2D eigenvalue weighted by molar-refractivity contribution is -0.164. The molecule has 0 amide bonds. The van der Waals surface area contributed by atoms with Gasteiger partial charge in [0.05, 0.1) is 11.8 Å². The maximum Gasteiger partial charge on any atom is 0.320 e. The van der Waals surface area contributed by atoms with Crippen molar-refractivity contribution in [3.63, 3.8) is 0 Å². The number of carbonyl (C=O) groups excluding carboxylic acids is 2. The highest BCUT2D eigenvalue weighted by atomic mass is 16.6. The third-order valence-electron chi connectivity index (χ3n) is 3.96. The van der Waals surface area contributed by atoms with Crippen molar-refractivity contribution in [2.24, 2.45) is 11.8 Å². The molecule has 2 atom stereocenters. The average Bonchev–Trinajstić information content (AvgIpc) is 2.53. The largest absolute Gasteiger partial charge is 0.481 e. The molecular weight excluding hydrogens is 328 g/mol. The number of ether oxygens (including phenoxy) is 1. The van der Waals surface area contributed by atoms with E-state index in [1.54, 1.807) is 13.8 Å². The standard InChI is InChI=1S/C18H26O7/c1-5-11(3)13(7-9-15(19)20)17(23)25-18(24)14(12(4)6-2)8-10-16(21)22/h13-14H,3-10H2,1-2H3,(H,19,20)(H,21,22). The summed E-state index contributed by atoms with van der Waals surface area (Å²) in [6.07, 6.45) is 0.356. The lowest BCUT2D eigenvalue weighted by atomic mass is 9.92. The number of carbonyl (C=O) groups is 4. The van der Waals surface area contributed by atoms with Crippen LogP contribution in [0.25, 0.3) is 0 Å². The summed E-state index contributed by atoms with van der Waals surface area (Å²) in [7, 11) is 0. The molecule has 0 aliphatic rings. The molecule has 0 aromatic rings.